The number of carbonyl (C=O) groups is 2. The van der Waals surface area contributed by atoms with E-state index in [4.69, 9.17) is 32.7 Å². The second kappa shape index (κ2) is 13.8. The van der Waals surface area contributed by atoms with Crippen molar-refractivity contribution in [1.82, 2.24) is 10.2 Å². The average Bonchev–Trinajstić information content (AvgIpc) is 2.91. The Kier molecular flexibility index (Phi) is 10.5. The van der Waals surface area contributed by atoms with E-state index in [9.17, 15) is 9.59 Å². The van der Waals surface area contributed by atoms with Crippen molar-refractivity contribution in [3.63, 3.8) is 0 Å². The van der Waals surface area contributed by atoms with Crippen LogP contribution in [0.15, 0.2) is 72.8 Å². The molecule has 0 saturated heterocycles. The summed E-state index contributed by atoms with van der Waals surface area (Å²) < 4.78 is 10.9. The van der Waals surface area contributed by atoms with Gasteiger partial charge in [-0.25, -0.2) is 0 Å². The van der Waals surface area contributed by atoms with E-state index in [1.54, 1.807) is 31.2 Å². The van der Waals surface area contributed by atoms with E-state index in [2.05, 4.69) is 5.32 Å². The largest absolute Gasteiger partial charge is 0.497 e. The van der Waals surface area contributed by atoms with Crippen LogP contribution in [0.4, 0.5) is 0 Å². The van der Waals surface area contributed by atoms with Crippen molar-refractivity contribution in [3.8, 4) is 11.5 Å². The summed E-state index contributed by atoms with van der Waals surface area (Å²) in [5.74, 6) is 1.06. The van der Waals surface area contributed by atoms with Gasteiger partial charge in [0.1, 0.15) is 17.5 Å². The van der Waals surface area contributed by atoms with E-state index >= 15 is 0 Å². The molecule has 0 aliphatic heterocycles. The average molecular weight is 529 g/mol. The van der Waals surface area contributed by atoms with Gasteiger partial charge in [0.2, 0.25) is 11.8 Å². The molecule has 8 heteroatoms. The molecule has 0 radical (unpaired) electrons. The van der Waals surface area contributed by atoms with Gasteiger partial charge in [-0.15, -0.1) is 0 Å². The molecule has 3 aromatic rings. The molecule has 36 heavy (non-hydrogen) atoms. The van der Waals surface area contributed by atoms with Gasteiger partial charge >= 0.3 is 0 Å². The maximum absolute atomic E-state index is 13.5. The summed E-state index contributed by atoms with van der Waals surface area (Å²) in [4.78, 5) is 28.0. The molecule has 1 N–H and O–H groups in total. The van der Waals surface area contributed by atoms with Gasteiger partial charge < -0.3 is 19.7 Å². The minimum Gasteiger partial charge on any atom is -0.497 e. The molecule has 2 amide bonds. The van der Waals surface area contributed by atoms with Gasteiger partial charge in [0.15, 0.2) is 0 Å². The lowest BCUT2D eigenvalue weighted by Crippen LogP contribution is -2.49. The van der Waals surface area contributed by atoms with E-state index < -0.39 is 6.04 Å². The Morgan fingerprint density at radius 2 is 1.61 bits per heavy atom. The summed E-state index contributed by atoms with van der Waals surface area (Å²) in [5, 5.41) is 3.54. The lowest BCUT2D eigenvalue weighted by molar-refractivity contribution is -0.141. The Morgan fingerprint density at radius 1 is 0.917 bits per heavy atom. The topological polar surface area (TPSA) is 67.9 Å². The molecule has 0 aliphatic rings. The van der Waals surface area contributed by atoms with Crippen molar-refractivity contribution in [2.24, 2.45) is 0 Å². The molecule has 0 aromatic heterocycles. The SMILES string of the molecule is CNC(=O)[C@@H](Cc1ccccc1)N(Cc1ccc(Cl)c(Cl)c1)C(=O)CCCOc1ccc(OC)cc1. The zero-order valence-corrected chi connectivity index (χ0v) is 21.9. The molecule has 0 spiro atoms. The molecule has 190 valence electrons. The number of nitrogens with one attached hydrogen (secondary N) is 1. The second-order valence-corrected chi connectivity index (χ2v) is 9.03. The van der Waals surface area contributed by atoms with Crippen molar-refractivity contribution in [3.05, 3.63) is 94.0 Å². The standard InChI is InChI=1S/C28H30Cl2N2O4/c1-31-28(34)26(18-20-7-4-3-5-8-20)32(19-21-10-15-24(29)25(30)17-21)27(33)9-6-16-36-23-13-11-22(35-2)12-14-23/h3-5,7-8,10-15,17,26H,6,9,16,18-19H2,1-2H3,(H,31,34)/t26-/m1/s1. The number of carbonyl (C=O) groups excluding carboxylic acids is 2. The van der Waals surface area contributed by atoms with Crippen LogP contribution in [0.5, 0.6) is 11.5 Å². The summed E-state index contributed by atoms with van der Waals surface area (Å²) in [6.07, 6.45) is 1.10. The number of nitrogens with zero attached hydrogens (tertiary/aromatic N) is 1. The fourth-order valence-electron chi connectivity index (χ4n) is 3.78. The van der Waals surface area contributed by atoms with Crippen LogP contribution in [-0.2, 0) is 22.6 Å². The van der Waals surface area contributed by atoms with Gasteiger partial charge in [-0.3, -0.25) is 9.59 Å². The second-order valence-electron chi connectivity index (χ2n) is 8.22. The summed E-state index contributed by atoms with van der Waals surface area (Å²) in [6, 6.07) is 21.4. The quantitative estimate of drug-likeness (QED) is 0.313. The first-order chi connectivity index (χ1) is 17.4. The fraction of sp³-hybridized carbons (Fsp3) is 0.286. The van der Waals surface area contributed by atoms with E-state index in [1.165, 1.54) is 0 Å². The van der Waals surface area contributed by atoms with Gasteiger partial charge in [0, 0.05) is 26.4 Å². The summed E-state index contributed by atoms with van der Waals surface area (Å²) in [6.45, 7) is 0.585. The van der Waals surface area contributed by atoms with Crippen LogP contribution in [0.2, 0.25) is 10.0 Å². The number of rotatable bonds is 12. The number of likely N-dealkylation sites (N-methyl/N-ethyl adjacent to an activating group) is 1. The van der Waals surface area contributed by atoms with Crippen LogP contribution >= 0.6 is 23.2 Å². The Bertz CT molecular complexity index is 1140. The Hall–Kier alpha value is -3.22. The highest BCUT2D eigenvalue weighted by molar-refractivity contribution is 6.42. The Balaban J connectivity index is 1.74. The minimum atomic E-state index is -0.693. The van der Waals surface area contributed by atoms with Gasteiger partial charge in [-0.05, 0) is 53.9 Å². The van der Waals surface area contributed by atoms with Crippen LogP contribution in [-0.4, -0.2) is 43.5 Å². The molecular formula is C28H30Cl2N2O4. The van der Waals surface area contributed by atoms with E-state index in [0.717, 1.165) is 16.9 Å². The zero-order chi connectivity index (χ0) is 25.9. The molecule has 0 heterocycles. The number of ether oxygens (including phenoxy) is 2. The summed E-state index contributed by atoms with van der Waals surface area (Å²) in [5.41, 5.74) is 1.75. The van der Waals surface area contributed by atoms with Crippen LogP contribution in [0.3, 0.4) is 0 Å². The number of amides is 2. The monoisotopic (exact) mass is 528 g/mol. The predicted octanol–water partition coefficient (Wildman–Crippen LogP) is 5.55. The van der Waals surface area contributed by atoms with Crippen molar-refractivity contribution in [2.45, 2.75) is 31.8 Å². The molecule has 0 fully saturated rings. The smallest absolute Gasteiger partial charge is 0.242 e. The number of halogens is 2. The highest BCUT2D eigenvalue weighted by atomic mass is 35.5. The van der Waals surface area contributed by atoms with E-state index in [-0.39, 0.29) is 24.8 Å². The molecule has 0 unspecified atom stereocenters. The molecule has 0 aliphatic carbocycles. The van der Waals surface area contributed by atoms with Crippen molar-refractivity contribution in [1.29, 1.82) is 0 Å². The summed E-state index contributed by atoms with van der Waals surface area (Å²) >= 11 is 12.3. The first-order valence-electron chi connectivity index (χ1n) is 11.7. The molecule has 3 rings (SSSR count). The van der Waals surface area contributed by atoms with Crippen LogP contribution in [0, 0.1) is 0 Å². The predicted molar refractivity (Wildman–Crippen MR) is 143 cm³/mol. The molecular weight excluding hydrogens is 499 g/mol. The highest BCUT2D eigenvalue weighted by Gasteiger charge is 2.29. The van der Waals surface area contributed by atoms with Gasteiger partial charge in [-0.2, -0.15) is 0 Å². The van der Waals surface area contributed by atoms with E-state index in [0.29, 0.717) is 35.2 Å². The zero-order valence-electron chi connectivity index (χ0n) is 20.4. The third-order valence-corrected chi connectivity index (χ3v) is 6.46. The van der Waals surface area contributed by atoms with Crippen molar-refractivity contribution in [2.75, 3.05) is 20.8 Å². The first kappa shape index (κ1) is 27.4. The molecule has 3 aromatic carbocycles. The summed E-state index contributed by atoms with van der Waals surface area (Å²) in [7, 11) is 3.18. The van der Waals surface area contributed by atoms with Crippen LogP contribution in [0.25, 0.3) is 0 Å². The van der Waals surface area contributed by atoms with Gasteiger partial charge in [-0.1, -0.05) is 59.6 Å². The fourth-order valence-corrected chi connectivity index (χ4v) is 4.10. The van der Waals surface area contributed by atoms with Crippen molar-refractivity contribution < 1.29 is 19.1 Å². The van der Waals surface area contributed by atoms with Gasteiger partial charge in [0.05, 0.1) is 23.8 Å². The first-order valence-corrected chi connectivity index (χ1v) is 12.4. The number of hydrogen-bond donors (Lipinski definition) is 1. The Morgan fingerprint density at radius 3 is 2.25 bits per heavy atom. The maximum Gasteiger partial charge on any atom is 0.242 e. The lowest BCUT2D eigenvalue weighted by atomic mass is 10.0. The van der Waals surface area contributed by atoms with Crippen LogP contribution < -0.4 is 14.8 Å². The number of methoxy groups -OCH3 is 1. The third kappa shape index (κ3) is 7.90. The third-order valence-electron chi connectivity index (χ3n) is 5.72. The number of benzene rings is 3. The minimum absolute atomic E-state index is 0.149. The van der Waals surface area contributed by atoms with E-state index in [1.807, 2.05) is 60.7 Å². The van der Waals surface area contributed by atoms with Crippen LogP contribution in [0.1, 0.15) is 24.0 Å². The molecule has 6 nitrogen and oxygen atoms in total. The molecule has 1 atom stereocenters. The lowest BCUT2D eigenvalue weighted by Gasteiger charge is -2.31. The normalized spacial score (nSPS) is 11.4. The Labute approximate surface area is 222 Å². The maximum atomic E-state index is 13.5. The van der Waals surface area contributed by atoms with Gasteiger partial charge in [0.25, 0.3) is 0 Å². The molecule has 0 bridgehead atoms. The van der Waals surface area contributed by atoms with Crippen molar-refractivity contribution >= 4 is 35.0 Å². The highest BCUT2D eigenvalue weighted by Crippen LogP contribution is 2.25. The number of hydrogen-bond acceptors (Lipinski definition) is 4. The molecule has 0 saturated carbocycles.